The minimum atomic E-state index is -1.26. The number of methoxy groups -OCH3 is 1. The Morgan fingerprint density at radius 2 is 1.86 bits per heavy atom. The molecule has 22 heavy (non-hydrogen) atoms. The van der Waals surface area contributed by atoms with E-state index in [1.54, 1.807) is 13.3 Å². The van der Waals surface area contributed by atoms with Gasteiger partial charge in [-0.25, -0.2) is 9.59 Å². The van der Waals surface area contributed by atoms with E-state index in [1.165, 1.54) is 0 Å². The number of ether oxygens (including phenoxy) is 1. The number of carboxylic acids is 2. The van der Waals surface area contributed by atoms with Gasteiger partial charge in [-0.2, -0.15) is 0 Å². The lowest BCUT2D eigenvalue weighted by Crippen LogP contribution is -2.22. The monoisotopic (exact) mass is 309 g/mol. The van der Waals surface area contributed by atoms with E-state index in [4.69, 9.17) is 14.9 Å². The fraction of sp³-hybridized carbons (Fsp3) is 0.357. The summed E-state index contributed by atoms with van der Waals surface area (Å²) in [7, 11) is 3.78. The highest BCUT2D eigenvalue weighted by Gasteiger charge is 2.17. The lowest BCUT2D eigenvalue weighted by Gasteiger charge is -2.17. The van der Waals surface area contributed by atoms with Crippen molar-refractivity contribution in [1.82, 2.24) is 9.88 Å². The van der Waals surface area contributed by atoms with E-state index < -0.39 is 11.9 Å². The van der Waals surface area contributed by atoms with Gasteiger partial charge >= 0.3 is 11.9 Å². The Morgan fingerprint density at radius 3 is 2.32 bits per heavy atom. The van der Waals surface area contributed by atoms with Crippen molar-refractivity contribution in [2.45, 2.75) is 0 Å². The second kappa shape index (κ2) is 8.63. The van der Waals surface area contributed by atoms with Crippen molar-refractivity contribution in [1.29, 1.82) is 0 Å². The maximum atomic E-state index is 9.55. The molecule has 1 saturated heterocycles. The van der Waals surface area contributed by atoms with Crippen molar-refractivity contribution in [3.8, 4) is 5.75 Å². The van der Waals surface area contributed by atoms with E-state index in [9.17, 15) is 9.59 Å². The Balaban J connectivity index is 0.000000261. The number of aliphatic carboxylic acids is 2. The maximum absolute atomic E-state index is 9.55. The molecule has 2 rings (SSSR count). The van der Waals surface area contributed by atoms with Crippen LogP contribution in [0.25, 0.3) is 0 Å². The van der Waals surface area contributed by atoms with Gasteiger partial charge < -0.3 is 19.8 Å². The third-order valence-corrected chi connectivity index (χ3v) is 2.83. The molecule has 0 bridgehead atoms. The van der Waals surface area contributed by atoms with Crippen LogP contribution in [0.5, 0.6) is 5.75 Å². The lowest BCUT2D eigenvalue weighted by molar-refractivity contribution is -0.134. The largest absolute Gasteiger partial charge is 0.495 e. The second-order valence-electron chi connectivity index (χ2n) is 4.58. The number of hydrogen-bond donors (Lipinski definition) is 2. The molecule has 8 nitrogen and oxygen atoms in total. The Morgan fingerprint density at radius 1 is 1.23 bits per heavy atom. The molecule has 1 fully saturated rings. The van der Waals surface area contributed by atoms with Crippen LogP contribution in [0.1, 0.15) is 0 Å². The minimum absolute atomic E-state index is 0.558. The summed E-state index contributed by atoms with van der Waals surface area (Å²) in [5, 5.41) is 15.6. The predicted octanol–water partition coefficient (Wildman–Crippen LogP) is 0.511. The van der Waals surface area contributed by atoms with Gasteiger partial charge in [-0.3, -0.25) is 9.88 Å². The van der Waals surface area contributed by atoms with Gasteiger partial charge in [0, 0.05) is 31.3 Å². The second-order valence-corrected chi connectivity index (χ2v) is 4.58. The SMILES string of the molecule is COc1cncc(N2CCN(C)C2)c1.O=C(O)/C=C/C(=O)O. The molecule has 0 spiro atoms. The summed E-state index contributed by atoms with van der Waals surface area (Å²) in [5.74, 6) is -1.70. The quantitative estimate of drug-likeness (QED) is 0.776. The van der Waals surface area contributed by atoms with Gasteiger partial charge in [0.25, 0.3) is 0 Å². The number of carbonyl (C=O) groups is 2. The van der Waals surface area contributed by atoms with Crippen LogP contribution in [0.2, 0.25) is 0 Å². The first-order valence-electron chi connectivity index (χ1n) is 6.49. The summed E-state index contributed by atoms with van der Waals surface area (Å²) in [6.07, 6.45) is 4.72. The standard InChI is InChI=1S/C10H15N3O.C4H4O4/c1-12-3-4-13(8-12)9-5-10(14-2)7-11-6-9;5-3(6)1-2-4(7)8/h5-7H,3-4,8H2,1-2H3;1-2H,(H,5,6)(H,7,8)/b;2-1+. The van der Waals surface area contributed by atoms with Crippen LogP contribution in [0.4, 0.5) is 5.69 Å². The van der Waals surface area contributed by atoms with Crippen LogP contribution in [-0.4, -0.2) is 66.0 Å². The molecule has 1 aliphatic heterocycles. The van der Waals surface area contributed by atoms with Gasteiger partial charge in [-0.1, -0.05) is 0 Å². The first-order chi connectivity index (χ1) is 10.4. The topological polar surface area (TPSA) is 103 Å². The average molecular weight is 309 g/mol. The van der Waals surface area contributed by atoms with Gasteiger partial charge in [0.2, 0.25) is 0 Å². The maximum Gasteiger partial charge on any atom is 0.328 e. The fourth-order valence-electron chi connectivity index (χ4n) is 1.77. The van der Waals surface area contributed by atoms with Crippen LogP contribution in [0, 0.1) is 0 Å². The van der Waals surface area contributed by atoms with Crippen LogP contribution in [0.15, 0.2) is 30.6 Å². The number of rotatable bonds is 4. The van der Waals surface area contributed by atoms with Crippen molar-refractivity contribution in [3.05, 3.63) is 30.6 Å². The smallest absolute Gasteiger partial charge is 0.328 e. The van der Waals surface area contributed by atoms with Crippen LogP contribution >= 0.6 is 0 Å². The van der Waals surface area contributed by atoms with Crippen LogP contribution in [0.3, 0.4) is 0 Å². The Kier molecular flexibility index (Phi) is 6.84. The molecule has 0 atom stereocenters. The molecule has 0 aromatic carbocycles. The highest BCUT2D eigenvalue weighted by Crippen LogP contribution is 2.20. The summed E-state index contributed by atoms with van der Waals surface area (Å²) < 4.78 is 5.14. The normalized spacial score (nSPS) is 14.5. The number of aromatic nitrogens is 1. The van der Waals surface area contributed by atoms with Gasteiger partial charge in [-0.05, 0) is 7.05 Å². The van der Waals surface area contributed by atoms with Crippen LogP contribution in [-0.2, 0) is 9.59 Å². The third kappa shape index (κ3) is 6.23. The Labute approximate surface area is 128 Å². The lowest BCUT2D eigenvalue weighted by atomic mass is 10.3. The molecule has 0 aliphatic carbocycles. The molecule has 2 N–H and O–H groups in total. The van der Waals surface area contributed by atoms with Gasteiger partial charge in [0.05, 0.1) is 31.9 Å². The van der Waals surface area contributed by atoms with Crippen molar-refractivity contribution < 1.29 is 24.5 Å². The minimum Gasteiger partial charge on any atom is -0.495 e. The van der Waals surface area contributed by atoms with E-state index in [1.807, 2.05) is 12.3 Å². The summed E-state index contributed by atoms with van der Waals surface area (Å²) in [6, 6.07) is 2.02. The molecule has 1 aromatic rings. The summed E-state index contributed by atoms with van der Waals surface area (Å²) >= 11 is 0. The van der Waals surface area contributed by atoms with E-state index in [2.05, 4.69) is 21.8 Å². The molecule has 120 valence electrons. The highest BCUT2D eigenvalue weighted by atomic mass is 16.5. The number of pyridine rings is 1. The molecule has 1 aromatic heterocycles. The van der Waals surface area contributed by atoms with Gasteiger partial charge in [-0.15, -0.1) is 0 Å². The van der Waals surface area contributed by atoms with E-state index in [0.29, 0.717) is 12.2 Å². The van der Waals surface area contributed by atoms with Gasteiger partial charge in [0.15, 0.2) is 0 Å². The molecule has 0 radical (unpaired) electrons. The summed E-state index contributed by atoms with van der Waals surface area (Å²) in [6.45, 7) is 3.14. The molecular formula is C14H19N3O5. The zero-order chi connectivity index (χ0) is 16.5. The third-order valence-electron chi connectivity index (χ3n) is 2.83. The molecule has 0 saturated carbocycles. The van der Waals surface area contributed by atoms with Gasteiger partial charge in [0.1, 0.15) is 5.75 Å². The van der Waals surface area contributed by atoms with E-state index in [-0.39, 0.29) is 0 Å². The number of carboxylic acid groups (broad SMARTS) is 2. The van der Waals surface area contributed by atoms with E-state index >= 15 is 0 Å². The molecule has 2 heterocycles. The number of nitrogens with zero attached hydrogens (tertiary/aromatic N) is 3. The number of likely N-dealkylation sites (N-methyl/N-ethyl adjacent to an activating group) is 1. The molecular weight excluding hydrogens is 290 g/mol. The Hall–Kier alpha value is -2.61. The molecule has 0 amide bonds. The van der Waals surface area contributed by atoms with Crippen LogP contribution < -0.4 is 9.64 Å². The summed E-state index contributed by atoms with van der Waals surface area (Å²) in [4.78, 5) is 27.8. The number of anilines is 1. The number of hydrogen-bond acceptors (Lipinski definition) is 6. The molecule has 8 heteroatoms. The first kappa shape index (κ1) is 17.4. The fourth-order valence-corrected chi connectivity index (χ4v) is 1.77. The average Bonchev–Trinajstić information content (AvgIpc) is 2.92. The van der Waals surface area contributed by atoms with Crippen molar-refractivity contribution in [3.63, 3.8) is 0 Å². The zero-order valence-electron chi connectivity index (χ0n) is 12.5. The van der Waals surface area contributed by atoms with E-state index in [0.717, 1.165) is 31.2 Å². The Bertz CT molecular complexity index is 531. The zero-order valence-corrected chi connectivity index (χ0v) is 12.5. The first-order valence-corrected chi connectivity index (χ1v) is 6.49. The predicted molar refractivity (Wildman–Crippen MR) is 80.0 cm³/mol. The van der Waals surface area contributed by atoms with Crippen molar-refractivity contribution in [2.24, 2.45) is 0 Å². The van der Waals surface area contributed by atoms with Crippen molar-refractivity contribution in [2.75, 3.05) is 38.8 Å². The summed E-state index contributed by atoms with van der Waals surface area (Å²) in [5.41, 5.74) is 1.13. The van der Waals surface area contributed by atoms with Crippen molar-refractivity contribution >= 4 is 17.6 Å². The molecule has 1 aliphatic rings. The molecule has 0 unspecified atom stereocenters. The highest BCUT2D eigenvalue weighted by molar-refractivity contribution is 5.89.